The number of nitrogens with two attached hydrogens (primary N) is 1. The zero-order chi connectivity index (χ0) is 3.41. The van der Waals surface area contributed by atoms with E-state index in [2.05, 4.69) is 6.58 Å². The standard InChI is InChI=1S/C3H7N.H3N.2H2O/c1-2-3-4;;;/h2H,1,3-4H2;1H3;2*1H2. The molecule has 0 aliphatic heterocycles. The summed E-state index contributed by atoms with van der Waals surface area (Å²) in [6, 6.07) is 0. The lowest BCUT2D eigenvalue weighted by Gasteiger charge is -1.61. The predicted molar refractivity (Wildman–Crippen MR) is 31.5 cm³/mol. The Morgan fingerprint density at radius 2 is 1.57 bits per heavy atom. The third-order valence-corrected chi connectivity index (χ3v) is 0.167. The van der Waals surface area contributed by atoms with Gasteiger partial charge in [0.15, 0.2) is 0 Å². The molecule has 0 spiro atoms. The summed E-state index contributed by atoms with van der Waals surface area (Å²) in [5.74, 6) is 0. The van der Waals surface area contributed by atoms with Crippen molar-refractivity contribution in [2.45, 2.75) is 0 Å². The molecule has 0 saturated heterocycles. The highest BCUT2D eigenvalue weighted by Gasteiger charge is 1.43. The van der Waals surface area contributed by atoms with Gasteiger partial charge in [0.25, 0.3) is 0 Å². The summed E-state index contributed by atoms with van der Waals surface area (Å²) in [6.45, 7) is 3.94. The molecule has 48 valence electrons. The molecular weight excluding hydrogens is 96.0 g/mol. The molecule has 0 fully saturated rings. The van der Waals surface area contributed by atoms with Crippen molar-refractivity contribution in [3.05, 3.63) is 12.7 Å². The van der Waals surface area contributed by atoms with Crippen LogP contribution in [0.3, 0.4) is 0 Å². The minimum absolute atomic E-state index is 0. The van der Waals surface area contributed by atoms with Gasteiger partial charge < -0.3 is 22.8 Å². The average Bonchev–Trinajstić information content (AvgIpc) is 1.37. The molecule has 0 atom stereocenters. The van der Waals surface area contributed by atoms with Crippen LogP contribution in [-0.2, 0) is 0 Å². The second-order valence-corrected chi connectivity index (χ2v) is 0.524. The van der Waals surface area contributed by atoms with Crippen LogP contribution in [0.15, 0.2) is 12.7 Å². The second-order valence-electron chi connectivity index (χ2n) is 0.524. The Labute approximate surface area is 43.2 Å². The number of rotatable bonds is 1. The third kappa shape index (κ3) is 213. The molecule has 0 unspecified atom stereocenters. The van der Waals surface area contributed by atoms with Gasteiger partial charge in [-0.05, 0) is 0 Å². The van der Waals surface area contributed by atoms with Crippen molar-refractivity contribution < 1.29 is 11.0 Å². The van der Waals surface area contributed by atoms with E-state index in [0.717, 1.165) is 0 Å². The van der Waals surface area contributed by atoms with E-state index < -0.39 is 0 Å². The molecule has 4 heteroatoms. The van der Waals surface area contributed by atoms with Crippen molar-refractivity contribution in [2.24, 2.45) is 5.73 Å². The van der Waals surface area contributed by atoms with Crippen molar-refractivity contribution in [1.82, 2.24) is 6.15 Å². The summed E-state index contributed by atoms with van der Waals surface area (Å²) in [6.07, 6.45) is 1.65. The third-order valence-electron chi connectivity index (χ3n) is 0.167. The lowest BCUT2D eigenvalue weighted by Crippen LogP contribution is -1.90. The molecule has 0 rings (SSSR count). The summed E-state index contributed by atoms with van der Waals surface area (Å²) in [5, 5.41) is 0. The van der Waals surface area contributed by atoms with Gasteiger partial charge in [-0.2, -0.15) is 0 Å². The van der Waals surface area contributed by atoms with Gasteiger partial charge >= 0.3 is 0 Å². The molecule has 4 nitrogen and oxygen atoms in total. The molecule has 0 bridgehead atoms. The molecule has 7 heavy (non-hydrogen) atoms. The van der Waals surface area contributed by atoms with Crippen LogP contribution in [0.1, 0.15) is 0 Å². The van der Waals surface area contributed by atoms with Crippen molar-refractivity contribution in [2.75, 3.05) is 6.54 Å². The molecule has 0 saturated carbocycles. The van der Waals surface area contributed by atoms with Crippen molar-refractivity contribution in [3.8, 4) is 0 Å². The lowest BCUT2D eigenvalue weighted by molar-refractivity contribution is 0.823. The van der Waals surface area contributed by atoms with Gasteiger partial charge in [0.05, 0.1) is 0 Å². The first kappa shape index (κ1) is 30.8. The van der Waals surface area contributed by atoms with E-state index in [9.17, 15) is 0 Å². The first-order valence-corrected chi connectivity index (χ1v) is 1.22. The second kappa shape index (κ2) is 46.9. The average molecular weight is 110 g/mol. The van der Waals surface area contributed by atoms with Crippen LogP contribution in [0.5, 0.6) is 0 Å². The molecule has 9 N–H and O–H groups in total. The Morgan fingerprint density at radius 3 is 1.57 bits per heavy atom. The topological polar surface area (TPSA) is 124 Å². The molecule has 0 aromatic rings. The van der Waals surface area contributed by atoms with Crippen LogP contribution in [0.25, 0.3) is 0 Å². The highest BCUT2D eigenvalue weighted by molar-refractivity contribution is 4.64. The summed E-state index contributed by atoms with van der Waals surface area (Å²) in [5.41, 5.74) is 4.91. The quantitative estimate of drug-likeness (QED) is 0.405. The molecule has 0 heterocycles. The zero-order valence-electron chi connectivity index (χ0n) is 4.28. The van der Waals surface area contributed by atoms with E-state index in [-0.39, 0.29) is 17.1 Å². The lowest BCUT2D eigenvalue weighted by atomic mass is 10.7. The molecule has 0 aromatic carbocycles. The van der Waals surface area contributed by atoms with E-state index in [4.69, 9.17) is 5.73 Å². The molecule has 0 aliphatic carbocycles. The monoisotopic (exact) mass is 110 g/mol. The fourth-order valence-electron chi connectivity index (χ4n) is 0. The first-order chi connectivity index (χ1) is 1.91. The van der Waals surface area contributed by atoms with Gasteiger partial charge in [-0.15, -0.1) is 6.58 Å². The van der Waals surface area contributed by atoms with Crippen LogP contribution in [0.4, 0.5) is 0 Å². The molecular formula is C3H14N2O2. The predicted octanol–water partition coefficient (Wildman–Crippen LogP) is -1.36. The zero-order valence-corrected chi connectivity index (χ0v) is 4.28. The maximum absolute atomic E-state index is 4.91. The molecule has 0 amide bonds. The minimum Gasteiger partial charge on any atom is -0.412 e. The van der Waals surface area contributed by atoms with Crippen LogP contribution < -0.4 is 11.9 Å². The maximum atomic E-state index is 4.91. The van der Waals surface area contributed by atoms with Crippen LogP contribution >= 0.6 is 0 Å². The van der Waals surface area contributed by atoms with Gasteiger partial charge in [-0.1, -0.05) is 6.08 Å². The number of hydrogen-bond acceptors (Lipinski definition) is 2. The van der Waals surface area contributed by atoms with Gasteiger partial charge in [-0.25, -0.2) is 0 Å². The van der Waals surface area contributed by atoms with Crippen molar-refractivity contribution in [3.63, 3.8) is 0 Å². The van der Waals surface area contributed by atoms with Gasteiger partial charge in [0.1, 0.15) is 0 Å². The Kier molecular flexibility index (Phi) is 206. The van der Waals surface area contributed by atoms with Gasteiger partial charge in [0, 0.05) is 6.54 Å². The van der Waals surface area contributed by atoms with Gasteiger partial charge in [0.2, 0.25) is 0 Å². The molecule has 0 aliphatic rings. The summed E-state index contributed by atoms with van der Waals surface area (Å²) >= 11 is 0. The first-order valence-electron chi connectivity index (χ1n) is 1.22. The summed E-state index contributed by atoms with van der Waals surface area (Å²) in [7, 11) is 0. The fourth-order valence-corrected chi connectivity index (χ4v) is 0. The Hall–Kier alpha value is -0.420. The van der Waals surface area contributed by atoms with Crippen molar-refractivity contribution >= 4 is 0 Å². The summed E-state index contributed by atoms with van der Waals surface area (Å²) in [4.78, 5) is 0. The molecule has 0 aromatic heterocycles. The Balaban J connectivity index is -0.0000000150. The van der Waals surface area contributed by atoms with Crippen LogP contribution in [0.2, 0.25) is 0 Å². The van der Waals surface area contributed by atoms with E-state index in [1.807, 2.05) is 0 Å². The Morgan fingerprint density at radius 1 is 1.43 bits per heavy atom. The SMILES string of the molecule is C=CCN.N.O.O. The smallest absolute Gasteiger partial charge is 0.0104 e. The van der Waals surface area contributed by atoms with Gasteiger partial charge in [-0.3, -0.25) is 0 Å². The maximum Gasteiger partial charge on any atom is 0.0104 e. The van der Waals surface area contributed by atoms with E-state index in [1.165, 1.54) is 0 Å². The van der Waals surface area contributed by atoms with Crippen molar-refractivity contribution in [1.29, 1.82) is 0 Å². The number of hydrogen-bond donors (Lipinski definition) is 2. The molecule has 0 radical (unpaired) electrons. The van der Waals surface area contributed by atoms with E-state index in [0.29, 0.717) is 6.54 Å². The van der Waals surface area contributed by atoms with E-state index in [1.54, 1.807) is 6.08 Å². The minimum atomic E-state index is 0. The fraction of sp³-hybridized carbons (Fsp3) is 0.333. The largest absolute Gasteiger partial charge is 0.412 e. The highest BCUT2D eigenvalue weighted by Crippen LogP contribution is 1.40. The normalized spacial score (nSPS) is 3.57. The highest BCUT2D eigenvalue weighted by atomic mass is 16.0. The van der Waals surface area contributed by atoms with Crippen LogP contribution in [-0.4, -0.2) is 17.5 Å². The van der Waals surface area contributed by atoms with Crippen LogP contribution in [0, 0.1) is 0 Å². The Bertz CT molecular complexity index is 24.9. The van der Waals surface area contributed by atoms with E-state index >= 15 is 0 Å². The summed E-state index contributed by atoms with van der Waals surface area (Å²) < 4.78 is 0.